The summed E-state index contributed by atoms with van der Waals surface area (Å²) >= 11 is 8.34. The van der Waals surface area contributed by atoms with E-state index in [0.29, 0.717) is 12.1 Å². The normalized spacial score (nSPS) is 11.0. The smallest absolute Gasteiger partial charge is 0.184 e. The fourth-order valence-electron chi connectivity index (χ4n) is 2.21. The van der Waals surface area contributed by atoms with E-state index in [2.05, 4.69) is 31.9 Å². The molecule has 0 unspecified atom stereocenters. The molecule has 1 aromatic carbocycles. The maximum Gasteiger partial charge on any atom is 0.184 e. The Morgan fingerprint density at radius 2 is 2.10 bits per heavy atom. The lowest BCUT2D eigenvalue weighted by Crippen LogP contribution is -2.09. The highest BCUT2D eigenvalue weighted by molar-refractivity contribution is 9.12. The number of rotatable bonds is 4. The molecule has 6 heteroatoms. The van der Waals surface area contributed by atoms with Crippen molar-refractivity contribution in [3.8, 4) is 5.75 Å². The second kappa shape index (κ2) is 5.94. The van der Waals surface area contributed by atoms with Gasteiger partial charge in [-0.05, 0) is 62.2 Å². The fourth-order valence-corrected chi connectivity index (χ4v) is 5.07. The molecule has 2 heterocycles. The van der Waals surface area contributed by atoms with Crippen molar-refractivity contribution in [2.24, 2.45) is 0 Å². The van der Waals surface area contributed by atoms with Gasteiger partial charge >= 0.3 is 0 Å². The molecular formula is C15H11Br2NO2S. The third-order valence-corrected chi connectivity index (χ3v) is 5.59. The molecule has 3 nitrogen and oxygen atoms in total. The zero-order valence-corrected chi connectivity index (χ0v) is 15.1. The van der Waals surface area contributed by atoms with Crippen molar-refractivity contribution in [2.75, 3.05) is 7.11 Å². The summed E-state index contributed by atoms with van der Waals surface area (Å²) in [5, 5.41) is 1.06. The first-order chi connectivity index (χ1) is 10.1. The lowest BCUT2D eigenvalue weighted by atomic mass is 10.2. The van der Waals surface area contributed by atoms with Gasteiger partial charge in [0.1, 0.15) is 5.75 Å². The molecule has 0 fully saturated rings. The zero-order valence-electron chi connectivity index (χ0n) is 11.1. The van der Waals surface area contributed by atoms with E-state index in [1.807, 2.05) is 41.1 Å². The van der Waals surface area contributed by atoms with E-state index < -0.39 is 0 Å². The third kappa shape index (κ3) is 2.93. The van der Waals surface area contributed by atoms with Gasteiger partial charge in [-0.2, -0.15) is 0 Å². The molecule has 0 aliphatic heterocycles. The first-order valence-electron chi connectivity index (χ1n) is 6.19. The molecule has 3 rings (SSSR count). The Morgan fingerprint density at radius 3 is 2.76 bits per heavy atom. The number of benzene rings is 1. The van der Waals surface area contributed by atoms with E-state index in [9.17, 15) is 4.79 Å². The fraction of sp³-hybridized carbons (Fsp3) is 0.133. The summed E-state index contributed by atoms with van der Waals surface area (Å²) in [5.41, 5.74) is 1.73. The predicted octanol–water partition coefficient (Wildman–Crippen LogP) is 5.12. The summed E-state index contributed by atoms with van der Waals surface area (Å²) < 4.78 is 8.97. The molecule has 0 amide bonds. The molecule has 0 radical (unpaired) electrons. The maximum atomic E-state index is 12.4. The second-order valence-electron chi connectivity index (χ2n) is 4.53. The van der Waals surface area contributed by atoms with Crippen molar-refractivity contribution in [3.63, 3.8) is 0 Å². The van der Waals surface area contributed by atoms with E-state index >= 15 is 0 Å². The molecule has 0 atom stereocenters. The SMILES string of the molecule is COc1ccc2c(ccn2CC(=O)c2cc(Br)sc2Br)c1. The highest BCUT2D eigenvalue weighted by Gasteiger charge is 2.15. The van der Waals surface area contributed by atoms with Crippen molar-refractivity contribution < 1.29 is 9.53 Å². The number of ether oxygens (including phenoxy) is 1. The van der Waals surface area contributed by atoms with Crippen LogP contribution in [-0.2, 0) is 6.54 Å². The summed E-state index contributed by atoms with van der Waals surface area (Å²) in [4.78, 5) is 12.4. The Morgan fingerprint density at radius 1 is 1.29 bits per heavy atom. The number of carbonyl (C=O) groups excluding carboxylic acids is 1. The molecule has 0 saturated heterocycles. The van der Waals surface area contributed by atoms with Crippen molar-refractivity contribution in [1.29, 1.82) is 0 Å². The van der Waals surface area contributed by atoms with Crippen molar-refractivity contribution in [1.82, 2.24) is 4.57 Å². The summed E-state index contributed by atoms with van der Waals surface area (Å²) in [6, 6.07) is 9.68. The molecule has 0 aliphatic rings. The van der Waals surface area contributed by atoms with Crippen LogP contribution < -0.4 is 4.74 Å². The van der Waals surface area contributed by atoms with Crippen LogP contribution in [-0.4, -0.2) is 17.5 Å². The van der Waals surface area contributed by atoms with Crippen LogP contribution in [0.3, 0.4) is 0 Å². The number of hydrogen-bond donors (Lipinski definition) is 0. The summed E-state index contributed by atoms with van der Waals surface area (Å²) in [7, 11) is 1.65. The van der Waals surface area contributed by atoms with E-state index in [1.54, 1.807) is 7.11 Å². The molecule has 0 N–H and O–H groups in total. The number of ketones is 1. The van der Waals surface area contributed by atoms with Gasteiger partial charge < -0.3 is 9.30 Å². The number of fused-ring (bicyclic) bond motifs is 1. The van der Waals surface area contributed by atoms with E-state index in [1.165, 1.54) is 11.3 Å². The molecular weight excluding hydrogens is 418 g/mol. The Labute approximate surface area is 142 Å². The van der Waals surface area contributed by atoms with E-state index in [4.69, 9.17) is 4.74 Å². The Balaban J connectivity index is 1.91. The number of halogens is 2. The second-order valence-corrected chi connectivity index (χ2v) is 8.28. The quantitative estimate of drug-likeness (QED) is 0.540. The lowest BCUT2D eigenvalue weighted by molar-refractivity contribution is 0.0973. The topological polar surface area (TPSA) is 31.2 Å². The van der Waals surface area contributed by atoms with Gasteiger partial charge in [0.05, 0.1) is 21.2 Å². The number of aromatic nitrogens is 1. The minimum absolute atomic E-state index is 0.0807. The highest BCUT2D eigenvalue weighted by atomic mass is 79.9. The van der Waals surface area contributed by atoms with Gasteiger partial charge in [-0.3, -0.25) is 4.79 Å². The first kappa shape index (κ1) is 14.8. The van der Waals surface area contributed by atoms with Gasteiger partial charge in [0.25, 0.3) is 0 Å². The third-order valence-electron chi connectivity index (χ3n) is 3.25. The molecule has 3 aromatic rings. The van der Waals surface area contributed by atoms with Crippen LogP contribution >= 0.6 is 43.2 Å². The van der Waals surface area contributed by atoms with Crippen LogP contribution in [0.25, 0.3) is 10.9 Å². The monoisotopic (exact) mass is 427 g/mol. The predicted molar refractivity (Wildman–Crippen MR) is 92.5 cm³/mol. The minimum Gasteiger partial charge on any atom is -0.497 e. The van der Waals surface area contributed by atoms with Crippen LogP contribution in [0.2, 0.25) is 0 Å². The van der Waals surface area contributed by atoms with Crippen LogP contribution in [0.5, 0.6) is 5.75 Å². The number of nitrogens with zero attached hydrogens (tertiary/aromatic N) is 1. The van der Waals surface area contributed by atoms with Crippen molar-refractivity contribution in [2.45, 2.75) is 6.54 Å². The zero-order chi connectivity index (χ0) is 15.0. The summed E-state index contributed by atoms with van der Waals surface area (Å²) in [6.45, 7) is 0.317. The largest absolute Gasteiger partial charge is 0.497 e. The number of methoxy groups -OCH3 is 1. The molecule has 21 heavy (non-hydrogen) atoms. The summed E-state index contributed by atoms with van der Waals surface area (Å²) in [6.07, 6.45) is 1.93. The Hall–Kier alpha value is -1.11. The number of Topliss-reactive ketones (excluding diaryl/α,β-unsaturated/α-hetero) is 1. The Bertz CT molecular complexity index is 822. The molecule has 0 saturated carbocycles. The highest BCUT2D eigenvalue weighted by Crippen LogP contribution is 2.32. The van der Waals surface area contributed by atoms with Gasteiger partial charge in [-0.1, -0.05) is 0 Å². The number of carbonyl (C=O) groups is 1. The van der Waals surface area contributed by atoms with Crippen LogP contribution in [0.4, 0.5) is 0 Å². The average molecular weight is 429 g/mol. The van der Waals surface area contributed by atoms with E-state index in [-0.39, 0.29) is 5.78 Å². The molecule has 0 aliphatic carbocycles. The van der Waals surface area contributed by atoms with Gasteiger partial charge in [0.15, 0.2) is 5.78 Å². The standard InChI is InChI=1S/C15H11Br2NO2S/c1-20-10-2-3-12-9(6-10)4-5-18(12)8-13(19)11-7-14(16)21-15(11)17/h2-7H,8H2,1H3. The maximum absolute atomic E-state index is 12.4. The van der Waals surface area contributed by atoms with Crippen LogP contribution in [0, 0.1) is 0 Å². The van der Waals surface area contributed by atoms with Gasteiger partial charge in [-0.25, -0.2) is 0 Å². The van der Waals surface area contributed by atoms with E-state index in [0.717, 1.165) is 24.2 Å². The lowest BCUT2D eigenvalue weighted by Gasteiger charge is -2.05. The number of hydrogen-bond acceptors (Lipinski definition) is 3. The van der Waals surface area contributed by atoms with Gasteiger partial charge in [-0.15, -0.1) is 11.3 Å². The van der Waals surface area contributed by atoms with Gasteiger partial charge in [0.2, 0.25) is 0 Å². The number of thiophene rings is 1. The Kier molecular flexibility index (Phi) is 4.19. The molecule has 0 spiro atoms. The van der Waals surface area contributed by atoms with Crippen LogP contribution in [0.1, 0.15) is 10.4 Å². The first-order valence-corrected chi connectivity index (χ1v) is 8.59. The molecule has 2 aromatic heterocycles. The average Bonchev–Trinajstić information content (AvgIpc) is 3.01. The van der Waals surface area contributed by atoms with Crippen LogP contribution in [0.15, 0.2) is 44.1 Å². The van der Waals surface area contributed by atoms with Gasteiger partial charge in [0, 0.05) is 22.7 Å². The molecule has 0 bridgehead atoms. The minimum atomic E-state index is 0.0807. The van der Waals surface area contributed by atoms with Crippen molar-refractivity contribution >= 4 is 59.9 Å². The molecule has 108 valence electrons. The van der Waals surface area contributed by atoms with Crippen molar-refractivity contribution in [3.05, 3.63) is 49.7 Å². The summed E-state index contributed by atoms with van der Waals surface area (Å²) in [5.74, 6) is 0.897.